The van der Waals surface area contributed by atoms with Gasteiger partial charge in [-0.05, 0) is 19.1 Å². The molecule has 124 valence electrons. The number of ether oxygens (including phenoxy) is 1. The average molecular weight is 361 g/mol. The molecule has 3 rings (SSSR count). The van der Waals surface area contributed by atoms with Crippen molar-refractivity contribution < 1.29 is 4.74 Å². The Morgan fingerprint density at radius 1 is 1.25 bits per heavy atom. The van der Waals surface area contributed by atoms with E-state index in [0.717, 1.165) is 20.8 Å². The highest BCUT2D eigenvalue weighted by molar-refractivity contribution is 8.00. The van der Waals surface area contributed by atoms with Gasteiger partial charge in [0, 0.05) is 11.8 Å². The van der Waals surface area contributed by atoms with Crippen LogP contribution >= 0.6 is 23.1 Å². The summed E-state index contributed by atoms with van der Waals surface area (Å²) < 4.78 is 6.07. The third kappa shape index (κ3) is 4.30. The highest BCUT2D eigenvalue weighted by Crippen LogP contribution is 2.25. The third-order valence-corrected chi connectivity index (χ3v) is 4.83. The van der Waals surface area contributed by atoms with E-state index in [9.17, 15) is 0 Å². The highest BCUT2D eigenvalue weighted by atomic mass is 32.2. The lowest BCUT2D eigenvalue weighted by molar-refractivity contribution is 0.415. The molecule has 8 nitrogen and oxygen atoms in total. The van der Waals surface area contributed by atoms with Crippen LogP contribution in [0.4, 0.5) is 17.6 Å². The topological polar surface area (TPSA) is 112 Å². The molecule has 0 spiro atoms. The molecule has 0 saturated heterocycles. The van der Waals surface area contributed by atoms with Gasteiger partial charge >= 0.3 is 0 Å². The molecule has 2 aromatic heterocycles. The van der Waals surface area contributed by atoms with Crippen molar-refractivity contribution in [1.82, 2.24) is 25.1 Å². The van der Waals surface area contributed by atoms with Gasteiger partial charge in [0.05, 0.1) is 12.9 Å². The van der Waals surface area contributed by atoms with E-state index in [-0.39, 0.29) is 5.95 Å². The van der Waals surface area contributed by atoms with Crippen LogP contribution in [0, 0.1) is 6.92 Å². The number of anilines is 3. The lowest BCUT2D eigenvalue weighted by atomic mass is 10.3. The standard InChI is InChI=1S/C14H15N7OS2/c1-8-20-21-14(24-8)23-7-11-17-12(15)19-13(18-11)16-9-4-3-5-10(6-9)22-2/h3-6H,7H2,1-2H3,(H3,15,16,17,18,19). The van der Waals surface area contributed by atoms with Crippen LogP contribution in [0.5, 0.6) is 5.75 Å². The number of nitrogen functional groups attached to an aromatic ring is 1. The molecule has 0 bridgehead atoms. The van der Waals surface area contributed by atoms with Gasteiger partial charge in [0.2, 0.25) is 11.9 Å². The molecule has 24 heavy (non-hydrogen) atoms. The van der Waals surface area contributed by atoms with Crippen LogP contribution in [0.25, 0.3) is 0 Å². The fourth-order valence-electron chi connectivity index (χ4n) is 1.85. The van der Waals surface area contributed by atoms with Gasteiger partial charge in [-0.3, -0.25) is 0 Å². The van der Waals surface area contributed by atoms with Crippen LogP contribution < -0.4 is 15.8 Å². The Morgan fingerprint density at radius 2 is 2.12 bits per heavy atom. The smallest absolute Gasteiger partial charge is 0.232 e. The molecule has 0 fully saturated rings. The van der Waals surface area contributed by atoms with E-state index in [1.807, 2.05) is 31.2 Å². The Labute approximate surface area is 146 Å². The first kappa shape index (κ1) is 16.4. The first-order valence-electron chi connectivity index (χ1n) is 6.97. The second kappa shape index (κ2) is 7.41. The van der Waals surface area contributed by atoms with E-state index in [1.54, 1.807) is 7.11 Å². The summed E-state index contributed by atoms with van der Waals surface area (Å²) in [5, 5.41) is 12.1. The van der Waals surface area contributed by atoms with Crippen LogP contribution in [-0.4, -0.2) is 32.3 Å². The maximum atomic E-state index is 5.78. The predicted molar refractivity (Wildman–Crippen MR) is 94.7 cm³/mol. The number of aryl methyl sites for hydroxylation is 1. The summed E-state index contributed by atoms with van der Waals surface area (Å²) in [7, 11) is 1.62. The number of thioether (sulfide) groups is 1. The second-order valence-electron chi connectivity index (χ2n) is 4.67. The van der Waals surface area contributed by atoms with E-state index in [2.05, 4.69) is 30.5 Å². The van der Waals surface area contributed by atoms with Gasteiger partial charge in [0.1, 0.15) is 16.6 Å². The molecule has 0 unspecified atom stereocenters. The lowest BCUT2D eigenvalue weighted by Crippen LogP contribution is -2.06. The number of methoxy groups -OCH3 is 1. The summed E-state index contributed by atoms with van der Waals surface area (Å²) in [6, 6.07) is 7.47. The number of nitrogens with two attached hydrogens (primary N) is 1. The predicted octanol–water partition coefficient (Wildman–Crippen LogP) is 2.66. The van der Waals surface area contributed by atoms with Crippen molar-refractivity contribution in [2.75, 3.05) is 18.2 Å². The number of benzene rings is 1. The van der Waals surface area contributed by atoms with Crippen LogP contribution in [0.2, 0.25) is 0 Å². The Hall–Kier alpha value is -2.46. The molecule has 0 aliphatic rings. The minimum atomic E-state index is 0.166. The Kier molecular flexibility index (Phi) is 5.06. The third-order valence-electron chi connectivity index (χ3n) is 2.86. The van der Waals surface area contributed by atoms with Gasteiger partial charge in [-0.25, -0.2) is 0 Å². The zero-order valence-corrected chi connectivity index (χ0v) is 14.7. The molecule has 10 heteroatoms. The molecule has 0 aliphatic carbocycles. The SMILES string of the molecule is COc1cccc(Nc2nc(N)nc(CSc3nnc(C)s3)n2)c1. The van der Waals surface area contributed by atoms with E-state index < -0.39 is 0 Å². The van der Waals surface area contributed by atoms with E-state index in [0.29, 0.717) is 17.5 Å². The van der Waals surface area contributed by atoms with Gasteiger partial charge in [0.25, 0.3) is 0 Å². The second-order valence-corrected chi connectivity index (χ2v) is 7.07. The van der Waals surface area contributed by atoms with Crippen LogP contribution in [0.3, 0.4) is 0 Å². The highest BCUT2D eigenvalue weighted by Gasteiger charge is 2.08. The van der Waals surface area contributed by atoms with Crippen molar-refractivity contribution in [3.05, 3.63) is 35.1 Å². The van der Waals surface area contributed by atoms with E-state index in [4.69, 9.17) is 10.5 Å². The molecule has 0 amide bonds. The fraction of sp³-hybridized carbons (Fsp3) is 0.214. The number of hydrogen-bond acceptors (Lipinski definition) is 10. The largest absolute Gasteiger partial charge is 0.497 e. The first-order valence-corrected chi connectivity index (χ1v) is 8.77. The Morgan fingerprint density at radius 3 is 2.88 bits per heavy atom. The zero-order chi connectivity index (χ0) is 16.9. The number of nitrogens with one attached hydrogen (secondary N) is 1. The summed E-state index contributed by atoms with van der Waals surface area (Å²) >= 11 is 3.04. The minimum Gasteiger partial charge on any atom is -0.497 e. The summed E-state index contributed by atoms with van der Waals surface area (Å²) in [4.78, 5) is 12.7. The molecule has 2 heterocycles. The zero-order valence-electron chi connectivity index (χ0n) is 13.1. The molecule has 0 aliphatic heterocycles. The molecule has 3 N–H and O–H groups in total. The minimum absolute atomic E-state index is 0.166. The monoisotopic (exact) mass is 361 g/mol. The van der Waals surface area contributed by atoms with Gasteiger partial charge in [-0.2, -0.15) is 15.0 Å². The van der Waals surface area contributed by atoms with Crippen molar-refractivity contribution in [2.45, 2.75) is 17.0 Å². The summed E-state index contributed by atoms with van der Waals surface area (Å²) in [5.74, 6) is 2.41. The van der Waals surface area contributed by atoms with Crippen molar-refractivity contribution >= 4 is 40.7 Å². The average Bonchev–Trinajstić information content (AvgIpc) is 2.98. The van der Waals surface area contributed by atoms with Gasteiger partial charge < -0.3 is 15.8 Å². The van der Waals surface area contributed by atoms with E-state index >= 15 is 0 Å². The summed E-state index contributed by atoms with van der Waals surface area (Å²) in [6.45, 7) is 1.92. The molecular formula is C14H15N7OS2. The van der Waals surface area contributed by atoms with E-state index in [1.165, 1.54) is 23.1 Å². The van der Waals surface area contributed by atoms with Gasteiger partial charge in [0.15, 0.2) is 4.34 Å². The molecular weight excluding hydrogens is 346 g/mol. The number of aromatic nitrogens is 5. The lowest BCUT2D eigenvalue weighted by Gasteiger charge is -2.08. The van der Waals surface area contributed by atoms with Crippen molar-refractivity contribution in [3.63, 3.8) is 0 Å². The quantitative estimate of drug-likeness (QED) is 0.640. The molecule has 0 radical (unpaired) electrons. The van der Waals surface area contributed by atoms with Crippen molar-refractivity contribution in [2.24, 2.45) is 0 Å². The summed E-state index contributed by atoms with van der Waals surface area (Å²) in [5.41, 5.74) is 6.58. The van der Waals surface area contributed by atoms with Crippen molar-refractivity contribution in [1.29, 1.82) is 0 Å². The molecule has 1 aromatic carbocycles. The van der Waals surface area contributed by atoms with Crippen LogP contribution in [-0.2, 0) is 5.75 Å². The van der Waals surface area contributed by atoms with Crippen LogP contribution in [0.1, 0.15) is 10.8 Å². The fourth-order valence-corrected chi connectivity index (χ4v) is 3.52. The molecule has 0 saturated carbocycles. The number of hydrogen-bond donors (Lipinski definition) is 2. The normalized spacial score (nSPS) is 10.6. The van der Waals surface area contributed by atoms with Gasteiger partial charge in [-0.1, -0.05) is 29.2 Å². The first-order chi connectivity index (χ1) is 11.6. The maximum absolute atomic E-state index is 5.78. The van der Waals surface area contributed by atoms with Gasteiger partial charge in [-0.15, -0.1) is 10.2 Å². The molecule has 0 atom stereocenters. The Bertz CT molecular complexity index is 839. The Balaban J connectivity index is 1.73. The number of rotatable bonds is 6. The summed E-state index contributed by atoms with van der Waals surface area (Å²) in [6.07, 6.45) is 0. The number of nitrogens with zero attached hydrogens (tertiary/aromatic N) is 5. The molecule has 3 aromatic rings. The maximum Gasteiger partial charge on any atom is 0.232 e. The van der Waals surface area contributed by atoms with Crippen LogP contribution in [0.15, 0.2) is 28.6 Å². The van der Waals surface area contributed by atoms with Crippen molar-refractivity contribution in [3.8, 4) is 5.75 Å².